The van der Waals surface area contributed by atoms with Gasteiger partial charge >= 0.3 is 5.97 Å². The summed E-state index contributed by atoms with van der Waals surface area (Å²) >= 11 is 0. The Hall–Kier alpha value is -1.31. The molecule has 156 valence electrons. The lowest BCUT2D eigenvalue weighted by atomic mass is 9.86. The van der Waals surface area contributed by atoms with Crippen molar-refractivity contribution in [3.05, 3.63) is 35.4 Å². The van der Waals surface area contributed by atoms with E-state index in [0.717, 1.165) is 44.6 Å². The number of aliphatic imine (C=N–C) groups is 1. The van der Waals surface area contributed by atoms with Gasteiger partial charge in [0.05, 0.1) is 12.5 Å². The molecule has 2 fully saturated rings. The third kappa shape index (κ3) is 6.09. The highest BCUT2D eigenvalue weighted by Gasteiger charge is 2.40. The summed E-state index contributed by atoms with van der Waals surface area (Å²) in [7, 11) is 0. The number of ether oxygens (including phenoxy) is 1. The summed E-state index contributed by atoms with van der Waals surface area (Å²) in [6, 6.07) is 9.48. The van der Waals surface area contributed by atoms with Crippen molar-refractivity contribution in [1.29, 1.82) is 0 Å². The van der Waals surface area contributed by atoms with Crippen LogP contribution in [0.2, 0.25) is 0 Å². The molecule has 0 heterocycles. The number of carbonyl (C=O) groups is 1. The maximum absolute atomic E-state index is 11.9. The minimum absolute atomic E-state index is 0. The third-order valence-corrected chi connectivity index (χ3v) is 5.70. The lowest BCUT2D eigenvalue weighted by molar-refractivity contribution is -0.149. The fourth-order valence-electron chi connectivity index (χ4n) is 4.09. The molecule has 0 bridgehead atoms. The van der Waals surface area contributed by atoms with E-state index in [1.165, 1.54) is 11.1 Å². The first-order valence-corrected chi connectivity index (χ1v) is 10.4. The van der Waals surface area contributed by atoms with Crippen LogP contribution in [0.5, 0.6) is 0 Å². The Labute approximate surface area is 186 Å². The van der Waals surface area contributed by atoms with Gasteiger partial charge < -0.3 is 15.4 Å². The summed E-state index contributed by atoms with van der Waals surface area (Å²) < 4.78 is 5.17. The van der Waals surface area contributed by atoms with Crippen LogP contribution in [0.15, 0.2) is 29.3 Å². The smallest absolute Gasteiger partial charge is 0.308 e. The second-order valence-corrected chi connectivity index (χ2v) is 7.72. The standard InChI is InChI=1S/C22H33N3O2.HI/c1-4-23-22(24-17-12-10-16(11-13-17)21(26)27-5-2)25-20-14-19(20)18-9-7-6-8-15(18)3;/h6-9,16-17,19-20H,4-5,10-14H2,1-3H3,(H2,23,24,25);1H. The van der Waals surface area contributed by atoms with Gasteiger partial charge in [-0.05, 0) is 64.0 Å². The Morgan fingerprint density at radius 2 is 1.86 bits per heavy atom. The van der Waals surface area contributed by atoms with Crippen molar-refractivity contribution >= 4 is 35.9 Å². The fourth-order valence-corrected chi connectivity index (χ4v) is 4.09. The molecule has 2 aliphatic rings. The number of nitrogens with one attached hydrogen (secondary N) is 2. The molecule has 3 rings (SSSR count). The zero-order valence-corrected chi connectivity index (χ0v) is 19.6. The van der Waals surface area contributed by atoms with Crippen LogP contribution in [0, 0.1) is 12.8 Å². The molecule has 6 heteroatoms. The predicted octanol–water partition coefficient (Wildman–Crippen LogP) is 4.15. The molecule has 0 amide bonds. The van der Waals surface area contributed by atoms with Crippen LogP contribution in [0.25, 0.3) is 0 Å². The topological polar surface area (TPSA) is 62.7 Å². The number of nitrogens with zero attached hydrogens (tertiary/aromatic N) is 1. The number of halogens is 1. The molecule has 28 heavy (non-hydrogen) atoms. The first-order chi connectivity index (χ1) is 13.1. The number of hydrogen-bond acceptors (Lipinski definition) is 3. The Morgan fingerprint density at radius 1 is 1.14 bits per heavy atom. The first kappa shape index (κ1) is 23.0. The Morgan fingerprint density at radius 3 is 2.50 bits per heavy atom. The van der Waals surface area contributed by atoms with Crippen LogP contribution < -0.4 is 10.6 Å². The van der Waals surface area contributed by atoms with E-state index in [4.69, 9.17) is 4.74 Å². The Bertz CT molecular complexity index is 672. The quantitative estimate of drug-likeness (QED) is 0.267. The average molecular weight is 499 g/mol. The van der Waals surface area contributed by atoms with Crippen LogP contribution in [-0.4, -0.2) is 37.2 Å². The number of rotatable bonds is 6. The second kappa shape index (κ2) is 11.0. The minimum Gasteiger partial charge on any atom is -0.466 e. The Balaban J connectivity index is 0.00000280. The van der Waals surface area contributed by atoms with Crippen LogP contribution >= 0.6 is 24.0 Å². The number of benzene rings is 1. The summed E-state index contributed by atoms with van der Waals surface area (Å²) in [5, 5.41) is 7.21. The molecule has 0 spiro atoms. The predicted molar refractivity (Wildman–Crippen MR) is 124 cm³/mol. The summed E-state index contributed by atoms with van der Waals surface area (Å²) in [6.07, 6.45) is 4.92. The van der Waals surface area contributed by atoms with Gasteiger partial charge in [0.2, 0.25) is 0 Å². The van der Waals surface area contributed by atoms with Crippen molar-refractivity contribution in [2.75, 3.05) is 13.2 Å². The molecule has 2 unspecified atom stereocenters. The molecule has 2 N–H and O–H groups in total. The zero-order chi connectivity index (χ0) is 19.2. The lowest BCUT2D eigenvalue weighted by Crippen LogP contribution is -2.46. The van der Waals surface area contributed by atoms with E-state index in [2.05, 4.69) is 53.7 Å². The first-order valence-electron chi connectivity index (χ1n) is 10.4. The summed E-state index contributed by atoms with van der Waals surface area (Å²) in [5.41, 5.74) is 2.81. The van der Waals surface area contributed by atoms with Gasteiger partial charge in [-0.3, -0.25) is 9.79 Å². The molecule has 5 nitrogen and oxygen atoms in total. The number of esters is 1. The van der Waals surface area contributed by atoms with Crippen LogP contribution in [0.3, 0.4) is 0 Å². The molecule has 1 aromatic rings. The van der Waals surface area contributed by atoms with Crippen molar-refractivity contribution in [2.45, 2.75) is 70.9 Å². The monoisotopic (exact) mass is 499 g/mol. The highest BCUT2D eigenvalue weighted by molar-refractivity contribution is 14.0. The Kier molecular flexibility index (Phi) is 9.05. The van der Waals surface area contributed by atoms with Gasteiger partial charge in [0, 0.05) is 24.5 Å². The second-order valence-electron chi connectivity index (χ2n) is 7.72. The molecular formula is C22H34IN3O2. The van der Waals surface area contributed by atoms with Crippen molar-refractivity contribution in [3.8, 4) is 0 Å². The maximum Gasteiger partial charge on any atom is 0.308 e. The summed E-state index contributed by atoms with van der Waals surface area (Å²) in [4.78, 5) is 16.5. The molecule has 1 aromatic carbocycles. The van der Waals surface area contributed by atoms with Crippen molar-refractivity contribution in [3.63, 3.8) is 0 Å². The average Bonchev–Trinajstić information content (AvgIpc) is 3.42. The van der Waals surface area contributed by atoms with Crippen LogP contribution in [0.1, 0.15) is 63.0 Å². The lowest BCUT2D eigenvalue weighted by Gasteiger charge is -2.29. The van der Waals surface area contributed by atoms with Gasteiger partial charge in [-0.25, -0.2) is 0 Å². The van der Waals surface area contributed by atoms with E-state index in [1.807, 2.05) is 6.92 Å². The SMILES string of the molecule is CCN=C(NC1CCC(C(=O)OCC)CC1)NC1CC1c1ccccc1C.I. The highest BCUT2D eigenvalue weighted by atomic mass is 127. The van der Waals surface area contributed by atoms with Gasteiger partial charge in [-0.2, -0.15) is 0 Å². The van der Waals surface area contributed by atoms with Gasteiger partial charge in [-0.15, -0.1) is 24.0 Å². The van der Waals surface area contributed by atoms with Gasteiger partial charge in [0.15, 0.2) is 5.96 Å². The number of aryl methyl sites for hydroxylation is 1. The third-order valence-electron chi connectivity index (χ3n) is 5.70. The van der Waals surface area contributed by atoms with E-state index < -0.39 is 0 Å². The number of hydrogen-bond donors (Lipinski definition) is 2. The normalized spacial score (nSPS) is 26.8. The van der Waals surface area contributed by atoms with E-state index in [0.29, 0.717) is 24.6 Å². The highest BCUT2D eigenvalue weighted by Crippen LogP contribution is 2.42. The molecule has 0 aliphatic heterocycles. The minimum atomic E-state index is -0.0319. The van der Waals surface area contributed by atoms with E-state index in [9.17, 15) is 4.79 Å². The number of carbonyl (C=O) groups excluding carboxylic acids is 1. The van der Waals surface area contributed by atoms with Crippen molar-refractivity contribution in [1.82, 2.24) is 10.6 Å². The van der Waals surface area contributed by atoms with Crippen LogP contribution in [0.4, 0.5) is 0 Å². The zero-order valence-electron chi connectivity index (χ0n) is 17.2. The largest absolute Gasteiger partial charge is 0.466 e. The molecule has 2 aliphatic carbocycles. The van der Waals surface area contributed by atoms with Gasteiger partial charge in [0.25, 0.3) is 0 Å². The maximum atomic E-state index is 11.9. The molecule has 0 saturated heterocycles. The molecule has 2 saturated carbocycles. The molecule has 0 radical (unpaired) electrons. The summed E-state index contributed by atoms with van der Waals surface area (Å²) in [6.45, 7) is 7.35. The van der Waals surface area contributed by atoms with E-state index in [1.54, 1.807) is 0 Å². The fraction of sp³-hybridized carbons (Fsp3) is 0.636. The molecular weight excluding hydrogens is 465 g/mol. The van der Waals surface area contributed by atoms with Gasteiger partial charge in [0.1, 0.15) is 0 Å². The molecule has 0 aromatic heterocycles. The van der Waals surface area contributed by atoms with Crippen molar-refractivity contribution < 1.29 is 9.53 Å². The molecule has 2 atom stereocenters. The van der Waals surface area contributed by atoms with Gasteiger partial charge in [-0.1, -0.05) is 24.3 Å². The van der Waals surface area contributed by atoms with Crippen LogP contribution in [-0.2, 0) is 9.53 Å². The van der Waals surface area contributed by atoms with Crippen molar-refractivity contribution in [2.24, 2.45) is 10.9 Å². The van der Waals surface area contributed by atoms with E-state index in [-0.39, 0.29) is 35.9 Å². The number of guanidine groups is 1. The summed E-state index contributed by atoms with van der Waals surface area (Å²) in [5.74, 6) is 1.53. The van der Waals surface area contributed by atoms with E-state index >= 15 is 0 Å².